The van der Waals surface area contributed by atoms with E-state index in [1.54, 1.807) is 0 Å². The van der Waals surface area contributed by atoms with Crippen LogP contribution in [-0.4, -0.2) is 94.3 Å². The Morgan fingerprint density at radius 1 is 0.818 bits per heavy atom. The summed E-state index contributed by atoms with van der Waals surface area (Å²) >= 11 is 0. The quantitative estimate of drug-likeness (QED) is 0.104. The van der Waals surface area contributed by atoms with Gasteiger partial charge in [-0.3, -0.25) is 4.79 Å². The average Bonchev–Trinajstić information content (AvgIpc) is 2.97. The molecule has 1 fully saturated rings. The first-order valence-electron chi connectivity index (χ1n) is 12.6. The van der Waals surface area contributed by atoms with Crippen molar-refractivity contribution >= 4 is 16.9 Å². The lowest BCUT2D eigenvalue weighted by Crippen LogP contribution is -2.61. The zero-order chi connectivity index (χ0) is 32.0. The van der Waals surface area contributed by atoms with Gasteiger partial charge in [-0.25, -0.2) is 4.79 Å². The Labute approximate surface area is 244 Å². The number of ether oxygens (including phenoxy) is 3. The van der Waals surface area contributed by atoms with Crippen LogP contribution in [0.1, 0.15) is 10.4 Å². The highest BCUT2D eigenvalue weighted by atomic mass is 16.7. The molecule has 0 saturated carbocycles. The Hall–Kier alpha value is -5.42. The number of phenolic OH excluding ortho intramolecular Hbond substituents is 7. The maximum Gasteiger partial charge on any atom is 0.339 e. The van der Waals surface area contributed by atoms with Crippen molar-refractivity contribution in [2.75, 3.05) is 6.61 Å². The summed E-state index contributed by atoms with van der Waals surface area (Å²) in [6, 6.07) is 6.51. The summed E-state index contributed by atoms with van der Waals surface area (Å²) in [5, 5.41) is 99.8. The van der Waals surface area contributed by atoms with Crippen LogP contribution in [0.3, 0.4) is 0 Å². The smallest absolute Gasteiger partial charge is 0.339 e. The molecule has 3 aromatic carbocycles. The number of benzene rings is 3. The number of aromatic hydroxyl groups is 7. The Morgan fingerprint density at radius 2 is 1.50 bits per heavy atom. The first kappa shape index (κ1) is 30.1. The molecule has 10 N–H and O–H groups in total. The minimum Gasteiger partial charge on any atom is -0.508 e. The summed E-state index contributed by atoms with van der Waals surface area (Å²) in [7, 11) is 0. The van der Waals surface area contributed by atoms with Gasteiger partial charge in [0, 0.05) is 17.7 Å². The van der Waals surface area contributed by atoms with Gasteiger partial charge >= 0.3 is 5.97 Å². The molecule has 1 aliphatic rings. The number of phenols is 7. The van der Waals surface area contributed by atoms with Crippen molar-refractivity contribution in [2.45, 2.75) is 30.7 Å². The van der Waals surface area contributed by atoms with Gasteiger partial charge in [0.05, 0.1) is 12.2 Å². The Balaban J connectivity index is 1.63. The maximum absolute atomic E-state index is 13.7. The molecule has 0 spiro atoms. The summed E-state index contributed by atoms with van der Waals surface area (Å²) in [6.45, 7) is -0.885. The first-order valence-corrected chi connectivity index (χ1v) is 12.6. The first-order chi connectivity index (χ1) is 20.8. The van der Waals surface area contributed by atoms with Crippen molar-refractivity contribution < 1.29 is 74.5 Å². The SMILES string of the molecule is O=C(O[C@@H]1C(O)[C@@H](O)C(CO)O[C@H]1Oc1c(-c2ccc(O)c(O)c2)oc2cc(O)cc(O)c2c1=O)c1cc(O)c(O)c(O)c1. The van der Waals surface area contributed by atoms with Crippen molar-refractivity contribution in [2.24, 2.45) is 0 Å². The number of aliphatic hydroxyl groups is 3. The highest BCUT2D eigenvalue weighted by Gasteiger charge is 2.48. The summed E-state index contributed by atoms with van der Waals surface area (Å²) in [5.74, 6) is -7.70. The Morgan fingerprint density at radius 3 is 2.14 bits per heavy atom. The number of rotatable bonds is 6. The van der Waals surface area contributed by atoms with E-state index in [0.717, 1.165) is 36.4 Å². The van der Waals surface area contributed by atoms with Crippen LogP contribution in [0.15, 0.2) is 51.7 Å². The lowest BCUT2D eigenvalue weighted by Gasteiger charge is -2.41. The Bertz CT molecular complexity index is 1790. The second-order valence-electron chi connectivity index (χ2n) is 9.69. The van der Waals surface area contributed by atoms with Crippen molar-refractivity contribution in [3.8, 4) is 57.3 Å². The van der Waals surface area contributed by atoms with Gasteiger partial charge in [0.15, 0.2) is 40.6 Å². The molecular weight excluding hydrogens is 592 g/mol. The molecule has 1 aromatic heterocycles. The van der Waals surface area contributed by atoms with Crippen LogP contribution < -0.4 is 10.2 Å². The third kappa shape index (κ3) is 5.29. The maximum atomic E-state index is 13.7. The fourth-order valence-corrected chi connectivity index (χ4v) is 4.54. The van der Waals surface area contributed by atoms with E-state index in [1.165, 1.54) is 6.07 Å². The number of esters is 1. The second-order valence-corrected chi connectivity index (χ2v) is 9.69. The van der Waals surface area contributed by atoms with Crippen molar-refractivity contribution in [1.29, 1.82) is 0 Å². The average molecular weight is 616 g/mol. The normalized spacial score (nSPS) is 21.7. The number of fused-ring (bicyclic) bond motifs is 1. The van der Waals surface area contributed by atoms with Crippen LogP contribution in [0.2, 0.25) is 0 Å². The molecule has 2 heterocycles. The van der Waals surface area contributed by atoms with E-state index in [0.29, 0.717) is 0 Å². The van der Waals surface area contributed by atoms with E-state index in [-0.39, 0.29) is 11.1 Å². The fraction of sp³-hybridized carbons (Fsp3) is 0.214. The van der Waals surface area contributed by atoms with E-state index in [4.69, 9.17) is 18.6 Å². The molecule has 5 atom stereocenters. The molecule has 0 radical (unpaired) electrons. The monoisotopic (exact) mass is 616 g/mol. The van der Waals surface area contributed by atoms with Gasteiger partial charge in [-0.2, -0.15) is 0 Å². The van der Waals surface area contributed by atoms with Crippen molar-refractivity contribution in [3.05, 3.63) is 58.3 Å². The molecule has 16 heteroatoms. The highest BCUT2D eigenvalue weighted by Crippen LogP contribution is 2.40. The van der Waals surface area contributed by atoms with Crippen LogP contribution in [0.5, 0.6) is 46.0 Å². The molecule has 232 valence electrons. The molecule has 1 aliphatic heterocycles. The predicted octanol–water partition coefficient (Wildman–Crippen LogP) is 0.443. The van der Waals surface area contributed by atoms with E-state index in [2.05, 4.69) is 0 Å². The van der Waals surface area contributed by atoms with Gasteiger partial charge in [-0.15, -0.1) is 0 Å². The Kier molecular flexibility index (Phi) is 7.75. The van der Waals surface area contributed by atoms with Crippen molar-refractivity contribution in [1.82, 2.24) is 0 Å². The van der Waals surface area contributed by atoms with Crippen LogP contribution in [0, 0.1) is 0 Å². The zero-order valence-electron chi connectivity index (χ0n) is 22.1. The van der Waals surface area contributed by atoms with Gasteiger partial charge in [0.1, 0.15) is 40.8 Å². The summed E-state index contributed by atoms with van der Waals surface area (Å²) in [5.41, 5.74) is -2.05. The van der Waals surface area contributed by atoms with E-state index in [1.807, 2.05) is 0 Å². The van der Waals surface area contributed by atoms with Crippen LogP contribution in [0.4, 0.5) is 0 Å². The number of hydrogen-bond donors (Lipinski definition) is 10. The summed E-state index contributed by atoms with van der Waals surface area (Å²) in [4.78, 5) is 26.6. The van der Waals surface area contributed by atoms with Gasteiger partial charge in [0.25, 0.3) is 0 Å². The third-order valence-corrected chi connectivity index (χ3v) is 6.76. The van der Waals surface area contributed by atoms with Crippen LogP contribution in [0.25, 0.3) is 22.3 Å². The molecular formula is C28H24O16. The molecule has 44 heavy (non-hydrogen) atoms. The number of aliphatic hydroxyl groups excluding tert-OH is 3. The largest absolute Gasteiger partial charge is 0.508 e. The minimum atomic E-state index is -2.03. The van der Waals surface area contributed by atoms with E-state index in [9.17, 15) is 60.7 Å². The molecule has 16 nitrogen and oxygen atoms in total. The minimum absolute atomic E-state index is 0.0872. The lowest BCUT2D eigenvalue weighted by atomic mass is 9.99. The zero-order valence-corrected chi connectivity index (χ0v) is 22.1. The van der Waals surface area contributed by atoms with Crippen LogP contribution >= 0.6 is 0 Å². The lowest BCUT2D eigenvalue weighted by molar-refractivity contribution is -0.276. The molecule has 4 aromatic rings. The van der Waals surface area contributed by atoms with Gasteiger partial charge in [0.2, 0.25) is 17.5 Å². The molecule has 2 unspecified atom stereocenters. The number of hydrogen-bond acceptors (Lipinski definition) is 16. The number of carbonyl (C=O) groups excluding carboxylic acids is 1. The van der Waals surface area contributed by atoms with Gasteiger partial charge < -0.3 is 69.7 Å². The molecule has 0 amide bonds. The molecule has 1 saturated heterocycles. The van der Waals surface area contributed by atoms with E-state index < -0.39 is 111 Å². The molecule has 0 aliphatic carbocycles. The predicted molar refractivity (Wildman–Crippen MR) is 144 cm³/mol. The van der Waals surface area contributed by atoms with E-state index >= 15 is 0 Å². The summed E-state index contributed by atoms with van der Waals surface area (Å²) in [6.07, 6.45) is -9.44. The van der Waals surface area contributed by atoms with Crippen molar-refractivity contribution in [3.63, 3.8) is 0 Å². The summed E-state index contributed by atoms with van der Waals surface area (Å²) < 4.78 is 22.3. The van der Waals surface area contributed by atoms with Gasteiger partial charge in [-0.1, -0.05) is 0 Å². The third-order valence-electron chi connectivity index (χ3n) is 6.76. The molecule has 0 bridgehead atoms. The standard InChI is InChI=1S/C28H24O16/c29-8-18-21(37)23(39)26(43-27(40)10-4-15(34)20(36)16(35)5-10)28(42-18)44-25-22(38)19-14(33)6-11(30)7-17(19)41-24(25)9-1-2-12(31)13(32)3-9/h1-7,18,21,23,26,28-37,39H,8H2/t18?,21-,23?,26+,28-/m0/s1. The second kappa shape index (κ2) is 11.3. The van der Waals surface area contributed by atoms with Crippen LogP contribution in [-0.2, 0) is 9.47 Å². The highest BCUT2D eigenvalue weighted by molar-refractivity contribution is 5.91. The topological polar surface area (TPSA) is 277 Å². The fourth-order valence-electron chi connectivity index (χ4n) is 4.54. The number of carbonyl (C=O) groups is 1. The molecule has 5 rings (SSSR count). The van der Waals surface area contributed by atoms with Gasteiger partial charge in [-0.05, 0) is 30.3 Å².